The Morgan fingerprint density at radius 3 is 2.26 bits per heavy atom. The highest BCUT2D eigenvalue weighted by Crippen LogP contribution is 2.41. The molecule has 19 heavy (non-hydrogen) atoms. The van der Waals surface area contributed by atoms with Crippen LogP contribution in [0.2, 0.25) is 0 Å². The summed E-state index contributed by atoms with van der Waals surface area (Å²) in [6, 6.07) is 6.57. The Bertz CT molecular complexity index is 492. The minimum Gasteiger partial charge on any atom is -0.496 e. The molecular formula is C15H20N2O2. The van der Waals surface area contributed by atoms with Gasteiger partial charge in [-0.25, -0.2) is 0 Å². The van der Waals surface area contributed by atoms with Gasteiger partial charge in [-0.1, -0.05) is 12.1 Å². The first-order chi connectivity index (χ1) is 9.07. The highest BCUT2D eigenvalue weighted by atomic mass is 16.5. The summed E-state index contributed by atoms with van der Waals surface area (Å²) in [7, 11) is 3.57. The van der Waals surface area contributed by atoms with Crippen molar-refractivity contribution >= 4 is 0 Å². The molecule has 102 valence electrons. The van der Waals surface area contributed by atoms with E-state index in [9.17, 15) is 5.26 Å². The van der Waals surface area contributed by atoms with Gasteiger partial charge in [0.2, 0.25) is 0 Å². The van der Waals surface area contributed by atoms with Crippen molar-refractivity contribution in [2.45, 2.75) is 19.9 Å². The second-order valence-electron chi connectivity index (χ2n) is 5.17. The van der Waals surface area contributed by atoms with E-state index in [1.54, 1.807) is 7.11 Å². The van der Waals surface area contributed by atoms with Crippen LogP contribution in [0.3, 0.4) is 0 Å². The Morgan fingerprint density at radius 1 is 1.37 bits per heavy atom. The van der Waals surface area contributed by atoms with Gasteiger partial charge in [0.15, 0.2) is 0 Å². The molecule has 1 atom stereocenters. The van der Waals surface area contributed by atoms with Crippen LogP contribution in [0.25, 0.3) is 0 Å². The molecule has 0 spiro atoms. The largest absolute Gasteiger partial charge is 0.496 e. The monoisotopic (exact) mass is 260 g/mol. The molecule has 1 saturated heterocycles. The number of hydrogen-bond donors (Lipinski definition) is 1. The Balaban J connectivity index is 2.43. The van der Waals surface area contributed by atoms with E-state index in [-0.39, 0.29) is 6.04 Å². The van der Waals surface area contributed by atoms with Crippen LogP contribution in [-0.4, -0.2) is 27.4 Å². The lowest BCUT2D eigenvalue weighted by atomic mass is 9.76. The van der Waals surface area contributed by atoms with Crippen molar-refractivity contribution in [1.29, 1.82) is 5.26 Å². The maximum absolute atomic E-state index is 9.44. The Labute approximate surface area is 114 Å². The molecule has 0 radical (unpaired) electrons. The van der Waals surface area contributed by atoms with Gasteiger partial charge in [0.05, 0.1) is 32.4 Å². The number of nitrogens with one attached hydrogen (secondary N) is 1. The summed E-state index contributed by atoms with van der Waals surface area (Å²) in [5.74, 6) is 0.912. The number of aryl methyl sites for hydroxylation is 2. The van der Waals surface area contributed by atoms with E-state index in [2.05, 4.69) is 23.5 Å². The summed E-state index contributed by atoms with van der Waals surface area (Å²) in [6.45, 7) is 5.02. The number of nitriles is 1. The fraction of sp³-hybridized carbons (Fsp3) is 0.533. The average molecular weight is 260 g/mol. The zero-order valence-electron chi connectivity index (χ0n) is 11.9. The number of methoxy groups -OCH3 is 1. The molecule has 4 heteroatoms. The normalized spacial score (nSPS) is 18.3. The van der Waals surface area contributed by atoms with Crippen LogP contribution < -0.4 is 10.1 Å². The molecule has 1 aliphatic heterocycles. The molecule has 0 bridgehead atoms. The second-order valence-corrected chi connectivity index (χ2v) is 5.17. The third-order valence-corrected chi connectivity index (χ3v) is 3.80. The standard InChI is InChI=1S/C15H20N2O2/c1-10-5-12(6-11(2)13(10)18-4)14(17-3)15(7-16)8-19-9-15/h5-6,14,17H,8-9H2,1-4H3. The summed E-state index contributed by atoms with van der Waals surface area (Å²) < 4.78 is 10.6. The van der Waals surface area contributed by atoms with Crippen LogP contribution in [-0.2, 0) is 4.74 Å². The van der Waals surface area contributed by atoms with Crippen LogP contribution in [0, 0.1) is 30.6 Å². The SMILES string of the molecule is CNC(c1cc(C)c(OC)c(C)c1)C1(C#N)COC1. The van der Waals surface area contributed by atoms with Crippen LogP contribution >= 0.6 is 0 Å². The molecule has 1 aliphatic rings. The van der Waals surface area contributed by atoms with E-state index in [0.717, 1.165) is 22.4 Å². The molecule has 0 amide bonds. The van der Waals surface area contributed by atoms with Crippen molar-refractivity contribution in [2.24, 2.45) is 5.41 Å². The lowest BCUT2D eigenvalue weighted by Gasteiger charge is -2.41. The minimum atomic E-state index is -0.456. The number of nitrogens with zero attached hydrogens (tertiary/aromatic N) is 1. The predicted octanol–water partition coefficient (Wildman–Crippen LogP) is 2.11. The van der Waals surface area contributed by atoms with Crippen LogP contribution in [0.5, 0.6) is 5.75 Å². The van der Waals surface area contributed by atoms with Crippen molar-refractivity contribution in [2.75, 3.05) is 27.4 Å². The van der Waals surface area contributed by atoms with E-state index in [0.29, 0.717) is 13.2 Å². The van der Waals surface area contributed by atoms with Crippen molar-refractivity contribution < 1.29 is 9.47 Å². The number of hydrogen-bond acceptors (Lipinski definition) is 4. The van der Waals surface area contributed by atoms with Crippen molar-refractivity contribution in [3.05, 3.63) is 28.8 Å². The summed E-state index contributed by atoms with van der Waals surface area (Å²) >= 11 is 0. The van der Waals surface area contributed by atoms with Gasteiger partial charge < -0.3 is 14.8 Å². The van der Waals surface area contributed by atoms with Gasteiger partial charge in [0, 0.05) is 0 Å². The molecular weight excluding hydrogens is 240 g/mol. The summed E-state index contributed by atoms with van der Waals surface area (Å²) in [5, 5.41) is 12.7. The highest BCUT2D eigenvalue weighted by Gasteiger charge is 2.46. The van der Waals surface area contributed by atoms with Crippen LogP contribution in [0.4, 0.5) is 0 Å². The summed E-state index contributed by atoms with van der Waals surface area (Å²) in [4.78, 5) is 0. The van der Waals surface area contributed by atoms with E-state index < -0.39 is 5.41 Å². The minimum absolute atomic E-state index is 0.0189. The van der Waals surface area contributed by atoms with Gasteiger partial charge in [-0.05, 0) is 37.6 Å². The lowest BCUT2D eigenvalue weighted by molar-refractivity contribution is -0.0963. The van der Waals surface area contributed by atoms with Gasteiger partial charge in [-0.15, -0.1) is 0 Å². The van der Waals surface area contributed by atoms with Gasteiger partial charge in [0.25, 0.3) is 0 Å². The zero-order valence-corrected chi connectivity index (χ0v) is 11.9. The van der Waals surface area contributed by atoms with E-state index in [4.69, 9.17) is 9.47 Å². The van der Waals surface area contributed by atoms with Gasteiger partial charge in [-0.3, -0.25) is 0 Å². The number of rotatable bonds is 4. The molecule has 4 nitrogen and oxygen atoms in total. The molecule has 1 heterocycles. The Hall–Kier alpha value is -1.57. The first kappa shape index (κ1) is 13.9. The Morgan fingerprint density at radius 2 is 1.95 bits per heavy atom. The summed E-state index contributed by atoms with van der Waals surface area (Å²) in [5.41, 5.74) is 2.84. The van der Waals surface area contributed by atoms with Crippen LogP contribution in [0.1, 0.15) is 22.7 Å². The van der Waals surface area contributed by atoms with Crippen molar-refractivity contribution in [3.63, 3.8) is 0 Å². The van der Waals surface area contributed by atoms with E-state index in [1.165, 1.54) is 0 Å². The predicted molar refractivity (Wildman–Crippen MR) is 73.1 cm³/mol. The van der Waals surface area contributed by atoms with Gasteiger partial charge in [-0.2, -0.15) is 5.26 Å². The van der Waals surface area contributed by atoms with Gasteiger partial charge >= 0.3 is 0 Å². The van der Waals surface area contributed by atoms with Crippen molar-refractivity contribution in [1.82, 2.24) is 5.32 Å². The van der Waals surface area contributed by atoms with Gasteiger partial charge in [0.1, 0.15) is 11.2 Å². The van der Waals surface area contributed by atoms with E-state index in [1.807, 2.05) is 20.9 Å². The fourth-order valence-electron chi connectivity index (χ4n) is 2.85. The molecule has 1 unspecified atom stereocenters. The lowest BCUT2D eigenvalue weighted by Crippen LogP contribution is -2.50. The molecule has 1 fully saturated rings. The second kappa shape index (κ2) is 5.20. The highest BCUT2D eigenvalue weighted by molar-refractivity contribution is 5.45. The first-order valence-corrected chi connectivity index (χ1v) is 6.39. The average Bonchev–Trinajstić information content (AvgIpc) is 2.33. The number of benzene rings is 1. The molecule has 2 rings (SSSR count). The van der Waals surface area contributed by atoms with Crippen LogP contribution in [0.15, 0.2) is 12.1 Å². The molecule has 1 N–H and O–H groups in total. The number of ether oxygens (including phenoxy) is 2. The first-order valence-electron chi connectivity index (χ1n) is 6.39. The molecule has 0 saturated carbocycles. The van der Waals surface area contributed by atoms with Crippen molar-refractivity contribution in [3.8, 4) is 11.8 Å². The van der Waals surface area contributed by atoms with E-state index >= 15 is 0 Å². The molecule has 1 aromatic carbocycles. The molecule has 0 aliphatic carbocycles. The molecule has 1 aromatic rings. The maximum Gasteiger partial charge on any atom is 0.124 e. The summed E-state index contributed by atoms with van der Waals surface area (Å²) in [6.07, 6.45) is 0. The quantitative estimate of drug-likeness (QED) is 0.901. The topological polar surface area (TPSA) is 54.3 Å². The Kier molecular flexibility index (Phi) is 3.79. The molecule has 0 aromatic heterocycles. The third kappa shape index (κ3) is 2.20. The maximum atomic E-state index is 9.44. The third-order valence-electron chi connectivity index (χ3n) is 3.80. The fourth-order valence-corrected chi connectivity index (χ4v) is 2.85. The smallest absolute Gasteiger partial charge is 0.124 e. The zero-order chi connectivity index (χ0) is 14.0.